The molecule has 0 radical (unpaired) electrons. The standard InChI is InChI=1S/C18H22N4O3S.ClH/c23-18(21-10-12-8-19-9-13(12)11-21)15-5-3-7-22(15)17-14-4-1-2-6-16(14)26(24,25)20-17;/h1-2,4,6,12-13,15,19H,3,5,7-11H2;1H/t12-,13+,15?;. The van der Waals surface area contributed by atoms with Crippen LogP contribution in [0.1, 0.15) is 18.4 Å². The van der Waals surface area contributed by atoms with Gasteiger partial charge in [0.15, 0.2) is 5.84 Å². The van der Waals surface area contributed by atoms with Gasteiger partial charge in [0.25, 0.3) is 10.0 Å². The minimum Gasteiger partial charge on any atom is -0.343 e. The van der Waals surface area contributed by atoms with Gasteiger partial charge in [-0.2, -0.15) is 8.42 Å². The van der Waals surface area contributed by atoms with E-state index in [9.17, 15) is 13.2 Å². The van der Waals surface area contributed by atoms with E-state index in [1.54, 1.807) is 18.2 Å². The number of hydrogen-bond acceptors (Lipinski definition) is 5. The summed E-state index contributed by atoms with van der Waals surface area (Å²) in [4.78, 5) is 17.3. The number of carbonyl (C=O) groups excluding carboxylic acids is 1. The van der Waals surface area contributed by atoms with Crippen LogP contribution in [0, 0.1) is 11.8 Å². The second-order valence-corrected chi connectivity index (χ2v) is 9.23. The molecule has 4 aliphatic rings. The van der Waals surface area contributed by atoms with E-state index in [1.165, 1.54) is 0 Å². The highest BCUT2D eigenvalue weighted by atomic mass is 35.5. The van der Waals surface area contributed by atoms with E-state index in [0.29, 0.717) is 29.8 Å². The number of fused-ring (bicyclic) bond motifs is 2. The Bertz CT molecular complexity index is 892. The number of rotatable bonds is 1. The minimum atomic E-state index is -3.66. The quantitative estimate of drug-likeness (QED) is 0.737. The third-order valence-electron chi connectivity index (χ3n) is 6.12. The molecule has 4 aliphatic heterocycles. The Balaban J connectivity index is 0.00000180. The Morgan fingerprint density at radius 3 is 2.59 bits per heavy atom. The molecule has 3 atom stereocenters. The molecule has 0 bridgehead atoms. The molecule has 1 aromatic carbocycles. The van der Waals surface area contributed by atoms with Crippen LogP contribution in [-0.4, -0.2) is 68.7 Å². The summed E-state index contributed by atoms with van der Waals surface area (Å²) in [5, 5.41) is 3.39. The Labute approximate surface area is 165 Å². The summed E-state index contributed by atoms with van der Waals surface area (Å²) >= 11 is 0. The van der Waals surface area contributed by atoms with Gasteiger partial charge < -0.3 is 15.1 Å². The van der Waals surface area contributed by atoms with Crippen LogP contribution in [0.2, 0.25) is 0 Å². The Morgan fingerprint density at radius 2 is 1.85 bits per heavy atom. The van der Waals surface area contributed by atoms with Crippen molar-refractivity contribution in [1.82, 2.24) is 15.1 Å². The summed E-state index contributed by atoms with van der Waals surface area (Å²) in [5.74, 6) is 1.68. The van der Waals surface area contributed by atoms with E-state index in [1.807, 2.05) is 15.9 Å². The minimum absolute atomic E-state index is 0. The van der Waals surface area contributed by atoms with E-state index in [-0.39, 0.29) is 29.3 Å². The lowest BCUT2D eigenvalue weighted by atomic mass is 10.0. The first-order valence-electron chi connectivity index (χ1n) is 9.25. The monoisotopic (exact) mass is 410 g/mol. The van der Waals surface area contributed by atoms with Crippen molar-refractivity contribution in [3.63, 3.8) is 0 Å². The van der Waals surface area contributed by atoms with Gasteiger partial charge in [-0.15, -0.1) is 16.8 Å². The molecule has 3 fully saturated rings. The van der Waals surface area contributed by atoms with E-state index in [4.69, 9.17) is 0 Å². The zero-order chi connectivity index (χ0) is 17.9. The van der Waals surface area contributed by atoms with Gasteiger partial charge in [-0.3, -0.25) is 4.79 Å². The molecule has 0 saturated carbocycles. The first kappa shape index (κ1) is 18.7. The van der Waals surface area contributed by atoms with E-state index in [0.717, 1.165) is 39.0 Å². The zero-order valence-electron chi connectivity index (χ0n) is 14.9. The van der Waals surface area contributed by atoms with Crippen molar-refractivity contribution in [2.45, 2.75) is 23.8 Å². The van der Waals surface area contributed by atoms with Crippen molar-refractivity contribution in [2.75, 3.05) is 32.7 Å². The summed E-state index contributed by atoms with van der Waals surface area (Å²) in [6.45, 7) is 4.26. The van der Waals surface area contributed by atoms with Crippen LogP contribution >= 0.6 is 12.4 Å². The third-order valence-corrected chi connectivity index (χ3v) is 7.45. The average molecular weight is 411 g/mol. The average Bonchev–Trinajstić information content (AvgIpc) is 3.36. The number of halogens is 1. The second kappa shape index (κ2) is 6.76. The van der Waals surface area contributed by atoms with Gasteiger partial charge in [0, 0.05) is 38.3 Å². The van der Waals surface area contributed by atoms with Crippen molar-refractivity contribution < 1.29 is 13.2 Å². The number of hydrogen-bond donors (Lipinski definition) is 1. The molecule has 146 valence electrons. The van der Waals surface area contributed by atoms with Gasteiger partial charge in [-0.05, 0) is 36.8 Å². The number of nitrogens with zero attached hydrogens (tertiary/aromatic N) is 3. The molecule has 0 aromatic heterocycles. The smallest absolute Gasteiger partial charge is 0.285 e. The van der Waals surface area contributed by atoms with Crippen LogP contribution < -0.4 is 5.32 Å². The number of benzene rings is 1. The molecule has 1 unspecified atom stereocenters. The Hall–Kier alpha value is -1.64. The van der Waals surface area contributed by atoms with Crippen molar-refractivity contribution in [2.24, 2.45) is 16.2 Å². The van der Waals surface area contributed by atoms with Crippen LogP contribution in [0.5, 0.6) is 0 Å². The molecule has 0 aliphatic carbocycles. The normalized spacial score (nSPS) is 30.7. The molecule has 4 heterocycles. The van der Waals surface area contributed by atoms with Gasteiger partial charge in [-0.25, -0.2) is 0 Å². The zero-order valence-corrected chi connectivity index (χ0v) is 16.5. The highest BCUT2D eigenvalue weighted by molar-refractivity contribution is 7.90. The first-order valence-corrected chi connectivity index (χ1v) is 10.7. The maximum absolute atomic E-state index is 13.2. The fourth-order valence-electron chi connectivity index (χ4n) is 4.82. The van der Waals surface area contributed by atoms with Crippen molar-refractivity contribution >= 4 is 34.2 Å². The van der Waals surface area contributed by atoms with Crippen LogP contribution in [0.4, 0.5) is 0 Å². The Morgan fingerprint density at radius 1 is 1.15 bits per heavy atom. The summed E-state index contributed by atoms with van der Waals surface area (Å²) in [5.41, 5.74) is 0.620. The number of likely N-dealkylation sites (tertiary alicyclic amines) is 2. The van der Waals surface area contributed by atoms with Crippen molar-refractivity contribution in [3.05, 3.63) is 29.8 Å². The summed E-state index contributed by atoms with van der Waals surface area (Å²) in [7, 11) is -3.66. The lowest BCUT2D eigenvalue weighted by Gasteiger charge is -2.29. The predicted octanol–water partition coefficient (Wildman–Crippen LogP) is 0.700. The molecule has 3 saturated heterocycles. The summed E-state index contributed by atoms with van der Waals surface area (Å²) in [6, 6.07) is 6.59. The molecule has 5 rings (SSSR count). The summed E-state index contributed by atoms with van der Waals surface area (Å²) in [6.07, 6.45) is 1.63. The van der Waals surface area contributed by atoms with Gasteiger partial charge in [-0.1, -0.05) is 12.1 Å². The molecule has 27 heavy (non-hydrogen) atoms. The lowest BCUT2D eigenvalue weighted by molar-refractivity contribution is -0.134. The maximum Gasteiger partial charge on any atom is 0.285 e. The van der Waals surface area contributed by atoms with Crippen LogP contribution in [-0.2, 0) is 14.8 Å². The Kier molecular flexibility index (Phi) is 4.68. The first-order chi connectivity index (χ1) is 12.5. The molecule has 1 aromatic rings. The maximum atomic E-state index is 13.2. The van der Waals surface area contributed by atoms with E-state index < -0.39 is 10.0 Å². The van der Waals surface area contributed by atoms with Crippen LogP contribution in [0.25, 0.3) is 0 Å². The highest BCUT2D eigenvalue weighted by Gasteiger charge is 2.44. The van der Waals surface area contributed by atoms with Crippen LogP contribution in [0.3, 0.4) is 0 Å². The predicted molar refractivity (Wildman–Crippen MR) is 104 cm³/mol. The largest absolute Gasteiger partial charge is 0.343 e. The highest BCUT2D eigenvalue weighted by Crippen LogP contribution is 2.33. The van der Waals surface area contributed by atoms with Gasteiger partial charge >= 0.3 is 0 Å². The van der Waals surface area contributed by atoms with Crippen LogP contribution in [0.15, 0.2) is 33.6 Å². The molecule has 1 amide bonds. The van der Waals surface area contributed by atoms with Gasteiger partial charge in [0.1, 0.15) is 10.9 Å². The third kappa shape index (κ3) is 2.94. The van der Waals surface area contributed by atoms with Crippen molar-refractivity contribution in [3.8, 4) is 0 Å². The second-order valence-electron chi connectivity index (χ2n) is 7.66. The number of amidine groups is 1. The molecule has 9 heteroatoms. The molecular formula is C18H23ClN4O3S. The number of sulfonamides is 1. The lowest BCUT2D eigenvalue weighted by Crippen LogP contribution is -2.47. The molecule has 1 N–H and O–H groups in total. The number of amides is 1. The van der Waals surface area contributed by atoms with Gasteiger partial charge in [0.2, 0.25) is 5.91 Å². The topological polar surface area (TPSA) is 82.1 Å². The summed E-state index contributed by atoms with van der Waals surface area (Å²) < 4.78 is 28.8. The fraction of sp³-hybridized carbons (Fsp3) is 0.556. The fourth-order valence-corrected chi connectivity index (χ4v) is 6.04. The number of carbonyl (C=O) groups is 1. The molecule has 0 spiro atoms. The number of nitrogens with one attached hydrogen (secondary N) is 1. The van der Waals surface area contributed by atoms with E-state index >= 15 is 0 Å². The van der Waals surface area contributed by atoms with Crippen molar-refractivity contribution in [1.29, 1.82) is 0 Å². The van der Waals surface area contributed by atoms with E-state index in [2.05, 4.69) is 9.71 Å². The SMILES string of the molecule is Cl.O=C(C1CCCN1C1=NS(=O)(=O)c2ccccc21)N1C[C@H]2CNC[C@H]2C1. The van der Waals surface area contributed by atoms with Gasteiger partial charge in [0.05, 0.1) is 0 Å². The molecule has 7 nitrogen and oxygen atoms in total. The molecular weight excluding hydrogens is 388 g/mol.